The molecule has 0 N–H and O–H groups in total. The molecule has 0 aliphatic rings. The third-order valence-electron chi connectivity index (χ3n) is 1.94. The first-order chi connectivity index (χ1) is 6.86. The van der Waals surface area contributed by atoms with Gasteiger partial charge in [-0.25, -0.2) is 4.39 Å². The molecule has 0 heterocycles. The maximum atomic E-state index is 13.0. The molecule has 0 bridgehead atoms. The Labute approximate surface area is 83.7 Å². The van der Waals surface area contributed by atoms with Crippen molar-refractivity contribution in [3.8, 4) is 0 Å². The van der Waals surface area contributed by atoms with Crippen LogP contribution in [0.15, 0.2) is 18.2 Å². The van der Waals surface area contributed by atoms with Gasteiger partial charge in [-0.2, -0.15) is 13.2 Å². The minimum Gasteiger partial charge on any atom is -0.284 e. The van der Waals surface area contributed by atoms with E-state index < -0.39 is 23.3 Å². The van der Waals surface area contributed by atoms with E-state index in [-0.39, 0.29) is 0 Å². The summed E-state index contributed by atoms with van der Waals surface area (Å²) in [5, 5.41) is 0. The lowest BCUT2D eigenvalue weighted by molar-refractivity contribution is -0.0887. The second kappa shape index (κ2) is 4.00. The maximum absolute atomic E-state index is 13.0. The standard InChI is InChI=1S/C10H8F4O/c1-2-6-3-4-8(11)7(5-6)9(15)10(12,13)14/h3-5H,2H2,1H3. The molecule has 0 saturated heterocycles. The molecular formula is C10H8F4O. The third-order valence-corrected chi connectivity index (χ3v) is 1.94. The van der Waals surface area contributed by atoms with Gasteiger partial charge in [0.25, 0.3) is 5.78 Å². The van der Waals surface area contributed by atoms with Crippen molar-refractivity contribution < 1.29 is 22.4 Å². The summed E-state index contributed by atoms with van der Waals surface area (Å²) < 4.78 is 49.1. The summed E-state index contributed by atoms with van der Waals surface area (Å²) >= 11 is 0. The smallest absolute Gasteiger partial charge is 0.284 e. The molecule has 1 aromatic rings. The number of aryl methyl sites for hydroxylation is 1. The molecule has 0 amide bonds. The normalized spacial score (nSPS) is 11.5. The van der Waals surface area contributed by atoms with Crippen molar-refractivity contribution in [3.05, 3.63) is 35.1 Å². The lowest BCUT2D eigenvalue weighted by Crippen LogP contribution is -2.24. The van der Waals surface area contributed by atoms with Crippen LogP contribution in [0.4, 0.5) is 17.6 Å². The Morgan fingerprint density at radius 2 is 1.93 bits per heavy atom. The molecule has 0 radical (unpaired) electrons. The summed E-state index contributed by atoms with van der Waals surface area (Å²) in [6, 6.07) is 3.16. The van der Waals surface area contributed by atoms with Crippen molar-refractivity contribution in [2.45, 2.75) is 19.5 Å². The van der Waals surface area contributed by atoms with E-state index in [0.29, 0.717) is 12.0 Å². The Bertz CT molecular complexity index is 381. The zero-order valence-electron chi connectivity index (χ0n) is 7.86. The first kappa shape index (κ1) is 11.7. The Hall–Kier alpha value is -1.39. The summed E-state index contributed by atoms with van der Waals surface area (Å²) in [5.41, 5.74) is -0.425. The van der Waals surface area contributed by atoms with E-state index in [1.807, 2.05) is 0 Å². The first-order valence-corrected chi connectivity index (χ1v) is 4.26. The van der Waals surface area contributed by atoms with Crippen LogP contribution in [0.1, 0.15) is 22.8 Å². The maximum Gasteiger partial charge on any atom is 0.454 e. The fraction of sp³-hybridized carbons (Fsp3) is 0.300. The molecule has 1 nitrogen and oxygen atoms in total. The van der Waals surface area contributed by atoms with Crippen molar-refractivity contribution in [2.24, 2.45) is 0 Å². The molecule has 1 aromatic carbocycles. The van der Waals surface area contributed by atoms with Gasteiger partial charge in [-0.3, -0.25) is 4.79 Å². The van der Waals surface area contributed by atoms with Gasteiger partial charge in [0.2, 0.25) is 0 Å². The molecule has 0 unspecified atom stereocenters. The average Bonchev–Trinajstić information content (AvgIpc) is 2.16. The van der Waals surface area contributed by atoms with Gasteiger partial charge in [0.15, 0.2) is 0 Å². The van der Waals surface area contributed by atoms with Gasteiger partial charge in [-0.15, -0.1) is 0 Å². The molecule has 82 valence electrons. The van der Waals surface area contributed by atoms with E-state index in [1.54, 1.807) is 6.92 Å². The van der Waals surface area contributed by atoms with Crippen LogP contribution < -0.4 is 0 Å². The molecule has 5 heteroatoms. The predicted octanol–water partition coefficient (Wildman–Crippen LogP) is 3.13. The quantitative estimate of drug-likeness (QED) is 0.552. The molecule has 0 fully saturated rings. The fourth-order valence-electron chi connectivity index (χ4n) is 1.12. The number of Topliss-reactive ketones (excluding diaryl/α,β-unsaturated/α-hetero) is 1. The van der Waals surface area contributed by atoms with Crippen LogP contribution in [0.3, 0.4) is 0 Å². The summed E-state index contributed by atoms with van der Waals surface area (Å²) in [7, 11) is 0. The van der Waals surface area contributed by atoms with E-state index in [4.69, 9.17) is 0 Å². The highest BCUT2D eigenvalue weighted by Gasteiger charge is 2.40. The largest absolute Gasteiger partial charge is 0.454 e. The summed E-state index contributed by atoms with van der Waals surface area (Å²) in [5.74, 6) is -3.29. The van der Waals surface area contributed by atoms with Gasteiger partial charge in [-0.1, -0.05) is 13.0 Å². The Balaban J connectivity index is 3.19. The molecule has 0 aliphatic carbocycles. The van der Waals surface area contributed by atoms with Crippen LogP contribution in [-0.2, 0) is 6.42 Å². The number of alkyl halides is 3. The topological polar surface area (TPSA) is 17.1 Å². The number of hydrogen-bond acceptors (Lipinski definition) is 1. The monoisotopic (exact) mass is 220 g/mol. The van der Waals surface area contributed by atoms with Crippen LogP contribution in [-0.4, -0.2) is 12.0 Å². The highest BCUT2D eigenvalue weighted by molar-refractivity contribution is 6.00. The van der Waals surface area contributed by atoms with E-state index in [1.165, 1.54) is 6.07 Å². The Morgan fingerprint density at radius 1 is 1.33 bits per heavy atom. The molecule has 0 aliphatic heterocycles. The van der Waals surface area contributed by atoms with Gasteiger partial charge >= 0.3 is 6.18 Å². The van der Waals surface area contributed by atoms with E-state index in [2.05, 4.69) is 0 Å². The zero-order chi connectivity index (χ0) is 11.6. The molecule has 15 heavy (non-hydrogen) atoms. The number of benzene rings is 1. The second-order valence-electron chi connectivity index (χ2n) is 2.99. The molecular weight excluding hydrogens is 212 g/mol. The average molecular weight is 220 g/mol. The number of hydrogen-bond donors (Lipinski definition) is 0. The van der Waals surface area contributed by atoms with Crippen molar-refractivity contribution in [3.63, 3.8) is 0 Å². The molecule has 0 saturated carbocycles. The molecule has 1 rings (SSSR count). The van der Waals surface area contributed by atoms with E-state index in [0.717, 1.165) is 12.1 Å². The molecule has 0 atom stereocenters. The van der Waals surface area contributed by atoms with E-state index in [9.17, 15) is 22.4 Å². The number of carbonyl (C=O) groups is 1. The van der Waals surface area contributed by atoms with Gasteiger partial charge in [0.1, 0.15) is 5.82 Å². The van der Waals surface area contributed by atoms with Crippen molar-refractivity contribution in [1.29, 1.82) is 0 Å². The number of carbonyl (C=O) groups excluding carboxylic acids is 1. The lowest BCUT2D eigenvalue weighted by Gasteiger charge is -2.07. The van der Waals surface area contributed by atoms with Crippen LogP contribution >= 0.6 is 0 Å². The molecule has 0 aromatic heterocycles. The Kier molecular flexibility index (Phi) is 3.12. The van der Waals surface area contributed by atoms with Crippen LogP contribution in [0.25, 0.3) is 0 Å². The van der Waals surface area contributed by atoms with Crippen LogP contribution in [0.2, 0.25) is 0 Å². The predicted molar refractivity (Wildman–Crippen MR) is 46.2 cm³/mol. The summed E-state index contributed by atoms with van der Waals surface area (Å²) in [6.45, 7) is 1.70. The molecule has 0 spiro atoms. The van der Waals surface area contributed by atoms with Gasteiger partial charge in [0, 0.05) is 0 Å². The number of ketones is 1. The van der Waals surface area contributed by atoms with Crippen LogP contribution in [0, 0.1) is 5.82 Å². The highest BCUT2D eigenvalue weighted by Crippen LogP contribution is 2.23. The Morgan fingerprint density at radius 3 is 2.40 bits per heavy atom. The SMILES string of the molecule is CCc1ccc(F)c(C(=O)C(F)(F)F)c1. The van der Waals surface area contributed by atoms with Gasteiger partial charge < -0.3 is 0 Å². The fourth-order valence-corrected chi connectivity index (χ4v) is 1.12. The number of rotatable bonds is 2. The highest BCUT2D eigenvalue weighted by atomic mass is 19.4. The zero-order valence-corrected chi connectivity index (χ0v) is 7.86. The minimum atomic E-state index is -5.03. The number of halogens is 4. The van der Waals surface area contributed by atoms with Gasteiger partial charge in [0.05, 0.1) is 5.56 Å². The minimum absolute atomic E-state index is 0.443. The van der Waals surface area contributed by atoms with E-state index >= 15 is 0 Å². The summed E-state index contributed by atoms with van der Waals surface area (Å²) in [4.78, 5) is 10.8. The summed E-state index contributed by atoms with van der Waals surface area (Å²) in [6.07, 6.45) is -4.59. The third kappa shape index (κ3) is 2.55. The van der Waals surface area contributed by atoms with Crippen LogP contribution in [0.5, 0.6) is 0 Å². The van der Waals surface area contributed by atoms with Crippen molar-refractivity contribution in [2.75, 3.05) is 0 Å². The first-order valence-electron chi connectivity index (χ1n) is 4.26. The van der Waals surface area contributed by atoms with Gasteiger partial charge in [-0.05, 0) is 24.1 Å². The lowest BCUT2D eigenvalue weighted by atomic mass is 10.0. The van der Waals surface area contributed by atoms with Crippen molar-refractivity contribution in [1.82, 2.24) is 0 Å². The second-order valence-corrected chi connectivity index (χ2v) is 2.99. The van der Waals surface area contributed by atoms with Crippen molar-refractivity contribution >= 4 is 5.78 Å².